The van der Waals surface area contributed by atoms with Crippen molar-refractivity contribution in [2.75, 3.05) is 14.2 Å². The van der Waals surface area contributed by atoms with Crippen LogP contribution < -0.4 is 0 Å². The predicted octanol–water partition coefficient (Wildman–Crippen LogP) is 1.83. The minimum atomic E-state index is -0.514. The lowest BCUT2D eigenvalue weighted by atomic mass is 10.0. The number of hydrogen-bond acceptors (Lipinski definition) is 4. The Morgan fingerprint density at radius 1 is 1.24 bits per heavy atom. The van der Waals surface area contributed by atoms with E-state index in [2.05, 4.69) is 0 Å². The van der Waals surface area contributed by atoms with Crippen molar-refractivity contribution in [2.24, 2.45) is 0 Å². The SMILES string of the molecule is COC1=CC(=O)OC1C(OC)c1ccccc1. The van der Waals surface area contributed by atoms with Crippen molar-refractivity contribution in [3.63, 3.8) is 0 Å². The van der Waals surface area contributed by atoms with Crippen molar-refractivity contribution in [3.8, 4) is 0 Å². The lowest BCUT2D eigenvalue weighted by Crippen LogP contribution is -2.24. The van der Waals surface area contributed by atoms with Gasteiger partial charge in [0.25, 0.3) is 0 Å². The maximum Gasteiger partial charge on any atom is 0.335 e. The molecule has 17 heavy (non-hydrogen) atoms. The minimum absolute atomic E-state index is 0.353. The highest BCUT2D eigenvalue weighted by molar-refractivity contribution is 5.85. The van der Waals surface area contributed by atoms with Gasteiger partial charge in [0.15, 0.2) is 6.10 Å². The molecule has 1 aromatic rings. The van der Waals surface area contributed by atoms with E-state index in [-0.39, 0.29) is 6.10 Å². The molecule has 90 valence electrons. The van der Waals surface area contributed by atoms with Crippen molar-refractivity contribution >= 4 is 5.97 Å². The van der Waals surface area contributed by atoms with Gasteiger partial charge in [0.2, 0.25) is 0 Å². The fraction of sp³-hybridized carbons (Fsp3) is 0.308. The highest BCUT2D eigenvalue weighted by Crippen LogP contribution is 2.31. The molecule has 1 aliphatic heterocycles. The van der Waals surface area contributed by atoms with E-state index in [1.165, 1.54) is 13.2 Å². The van der Waals surface area contributed by atoms with Crippen LogP contribution in [0.25, 0.3) is 0 Å². The lowest BCUT2D eigenvalue weighted by molar-refractivity contribution is -0.145. The van der Waals surface area contributed by atoms with E-state index < -0.39 is 12.1 Å². The molecule has 0 saturated carbocycles. The average Bonchev–Trinajstić information content (AvgIpc) is 2.73. The highest BCUT2D eigenvalue weighted by Gasteiger charge is 2.35. The molecule has 0 spiro atoms. The Balaban J connectivity index is 2.26. The molecule has 2 rings (SSSR count). The molecular formula is C13H14O4. The average molecular weight is 234 g/mol. The van der Waals surface area contributed by atoms with E-state index in [1.807, 2.05) is 30.3 Å². The number of carbonyl (C=O) groups excluding carboxylic acids is 1. The van der Waals surface area contributed by atoms with Crippen LogP contribution in [-0.4, -0.2) is 26.3 Å². The van der Waals surface area contributed by atoms with Gasteiger partial charge in [-0.25, -0.2) is 4.79 Å². The summed E-state index contributed by atoms with van der Waals surface area (Å²) in [6.07, 6.45) is 0.480. The van der Waals surface area contributed by atoms with Gasteiger partial charge >= 0.3 is 5.97 Å². The molecule has 1 heterocycles. The Hall–Kier alpha value is -1.81. The highest BCUT2D eigenvalue weighted by atomic mass is 16.6. The smallest absolute Gasteiger partial charge is 0.335 e. The predicted molar refractivity (Wildman–Crippen MR) is 61.2 cm³/mol. The quantitative estimate of drug-likeness (QED) is 0.745. The first kappa shape index (κ1) is 11.7. The Kier molecular flexibility index (Phi) is 3.44. The third-order valence-electron chi connectivity index (χ3n) is 2.68. The molecule has 0 N–H and O–H groups in total. The fourth-order valence-electron chi connectivity index (χ4n) is 1.88. The first-order chi connectivity index (χ1) is 8.26. The van der Waals surface area contributed by atoms with Crippen LogP contribution in [0.1, 0.15) is 11.7 Å². The summed E-state index contributed by atoms with van der Waals surface area (Å²) in [5, 5.41) is 0. The monoisotopic (exact) mass is 234 g/mol. The number of esters is 1. The molecule has 4 heteroatoms. The summed E-state index contributed by atoms with van der Waals surface area (Å²) in [6, 6.07) is 9.59. The maximum absolute atomic E-state index is 11.2. The first-order valence-corrected chi connectivity index (χ1v) is 5.30. The third kappa shape index (κ3) is 2.31. The van der Waals surface area contributed by atoms with Crippen LogP contribution in [0, 0.1) is 0 Å². The molecule has 0 saturated heterocycles. The molecule has 1 aliphatic rings. The van der Waals surface area contributed by atoms with Gasteiger partial charge in [-0.05, 0) is 5.56 Å². The summed E-state index contributed by atoms with van der Waals surface area (Å²) in [4.78, 5) is 11.2. The molecule has 0 amide bonds. The lowest BCUT2D eigenvalue weighted by Gasteiger charge is -2.23. The van der Waals surface area contributed by atoms with Crippen molar-refractivity contribution in [2.45, 2.75) is 12.2 Å². The minimum Gasteiger partial charge on any atom is -0.497 e. The molecule has 2 unspecified atom stereocenters. The summed E-state index contributed by atoms with van der Waals surface area (Å²) >= 11 is 0. The molecule has 0 aromatic heterocycles. The molecule has 0 fully saturated rings. The largest absolute Gasteiger partial charge is 0.497 e. The van der Waals surface area contributed by atoms with E-state index in [0.29, 0.717) is 5.76 Å². The third-order valence-corrected chi connectivity index (χ3v) is 2.68. The maximum atomic E-state index is 11.2. The van der Waals surface area contributed by atoms with Gasteiger partial charge in [-0.2, -0.15) is 0 Å². The zero-order valence-electron chi connectivity index (χ0n) is 9.75. The van der Waals surface area contributed by atoms with Crippen LogP contribution in [0.3, 0.4) is 0 Å². The number of rotatable bonds is 4. The second-order valence-corrected chi connectivity index (χ2v) is 3.68. The van der Waals surface area contributed by atoms with Gasteiger partial charge in [-0.1, -0.05) is 30.3 Å². The molecular weight excluding hydrogens is 220 g/mol. The molecule has 0 radical (unpaired) electrons. The number of carbonyl (C=O) groups is 1. The summed E-state index contributed by atoms with van der Waals surface area (Å²) in [5.74, 6) is 0.0931. The summed E-state index contributed by atoms with van der Waals surface area (Å²) in [7, 11) is 3.09. The van der Waals surface area contributed by atoms with E-state index in [0.717, 1.165) is 5.56 Å². The van der Waals surface area contributed by atoms with Gasteiger partial charge in [0.05, 0.1) is 13.2 Å². The standard InChI is InChI=1S/C13H14O4/c1-15-10-8-11(14)17-13(10)12(16-2)9-6-4-3-5-7-9/h3-8,12-13H,1-2H3. The first-order valence-electron chi connectivity index (χ1n) is 5.30. The van der Waals surface area contributed by atoms with E-state index in [1.54, 1.807) is 7.11 Å². The van der Waals surface area contributed by atoms with Crippen LogP contribution in [0.5, 0.6) is 0 Å². The zero-order valence-corrected chi connectivity index (χ0v) is 9.75. The van der Waals surface area contributed by atoms with Crippen molar-refractivity contribution in [3.05, 3.63) is 47.7 Å². The summed E-state index contributed by atoms with van der Waals surface area (Å²) in [5.41, 5.74) is 0.942. The second kappa shape index (κ2) is 5.01. The van der Waals surface area contributed by atoms with Crippen molar-refractivity contribution in [1.82, 2.24) is 0 Å². The molecule has 1 aromatic carbocycles. The second-order valence-electron chi connectivity index (χ2n) is 3.68. The number of benzene rings is 1. The van der Waals surface area contributed by atoms with Gasteiger partial charge in [-0.3, -0.25) is 0 Å². The topological polar surface area (TPSA) is 44.8 Å². The van der Waals surface area contributed by atoms with E-state index in [9.17, 15) is 4.79 Å². The summed E-state index contributed by atoms with van der Waals surface area (Å²) in [6.45, 7) is 0. The Morgan fingerprint density at radius 2 is 1.94 bits per heavy atom. The Morgan fingerprint density at radius 3 is 2.53 bits per heavy atom. The van der Waals surface area contributed by atoms with Crippen LogP contribution in [0.15, 0.2) is 42.2 Å². The van der Waals surface area contributed by atoms with Crippen molar-refractivity contribution in [1.29, 1.82) is 0 Å². The number of hydrogen-bond donors (Lipinski definition) is 0. The molecule has 0 aliphatic carbocycles. The fourth-order valence-corrected chi connectivity index (χ4v) is 1.88. The molecule has 4 nitrogen and oxygen atoms in total. The van der Waals surface area contributed by atoms with Crippen LogP contribution in [-0.2, 0) is 19.0 Å². The van der Waals surface area contributed by atoms with Crippen LogP contribution >= 0.6 is 0 Å². The van der Waals surface area contributed by atoms with Gasteiger partial charge in [0, 0.05) is 7.11 Å². The van der Waals surface area contributed by atoms with E-state index in [4.69, 9.17) is 14.2 Å². The molecule has 0 bridgehead atoms. The Labute approximate surface area is 99.8 Å². The van der Waals surface area contributed by atoms with Gasteiger partial charge in [-0.15, -0.1) is 0 Å². The van der Waals surface area contributed by atoms with Crippen LogP contribution in [0.2, 0.25) is 0 Å². The normalized spacial score (nSPS) is 20.7. The van der Waals surface area contributed by atoms with Gasteiger partial charge < -0.3 is 14.2 Å². The van der Waals surface area contributed by atoms with Crippen LogP contribution in [0.4, 0.5) is 0 Å². The van der Waals surface area contributed by atoms with Crippen molar-refractivity contribution < 1.29 is 19.0 Å². The van der Waals surface area contributed by atoms with E-state index >= 15 is 0 Å². The summed E-state index contributed by atoms with van der Waals surface area (Å²) < 4.78 is 15.7. The number of methoxy groups -OCH3 is 2. The number of cyclic esters (lactones) is 1. The Bertz CT molecular complexity index is 424. The molecule has 2 atom stereocenters. The van der Waals surface area contributed by atoms with Gasteiger partial charge in [0.1, 0.15) is 11.9 Å². The zero-order chi connectivity index (χ0) is 12.3. The number of ether oxygens (including phenoxy) is 3.